The van der Waals surface area contributed by atoms with Crippen LogP contribution in [-0.2, 0) is 4.79 Å². The Balaban J connectivity index is 3.78. The van der Waals surface area contributed by atoms with Crippen LogP contribution in [0.2, 0.25) is 0 Å². The molecule has 0 aromatic rings. The molecule has 3 N–H and O–H groups in total. The van der Waals surface area contributed by atoms with Crippen molar-refractivity contribution in [3.05, 3.63) is 0 Å². The van der Waals surface area contributed by atoms with Crippen LogP contribution in [0.25, 0.3) is 0 Å². The monoisotopic (exact) mass is 304 g/mol. The first-order valence-electron chi connectivity index (χ1n) is 7.29. The standard InChI is InChI=1S/C14H28N2O3S/c1-4-11(2)12(13(17)18)16-14(19)15-9-7-5-6-8-10-20-3/h11-12H,4-10H2,1-3H3,(H,17,18)(H2,15,16,19). The second-order valence-electron chi connectivity index (χ2n) is 5.01. The fourth-order valence-electron chi connectivity index (χ4n) is 1.80. The number of hydrogen-bond donors (Lipinski definition) is 3. The third-order valence-corrected chi connectivity index (χ3v) is 4.02. The molecule has 0 spiro atoms. The summed E-state index contributed by atoms with van der Waals surface area (Å²) in [5.41, 5.74) is 0. The lowest BCUT2D eigenvalue weighted by Crippen LogP contribution is -2.49. The summed E-state index contributed by atoms with van der Waals surface area (Å²) in [5, 5.41) is 14.3. The van der Waals surface area contributed by atoms with E-state index >= 15 is 0 Å². The first-order valence-corrected chi connectivity index (χ1v) is 8.68. The van der Waals surface area contributed by atoms with Crippen molar-refractivity contribution in [3.63, 3.8) is 0 Å². The Morgan fingerprint density at radius 2 is 1.85 bits per heavy atom. The molecule has 0 heterocycles. The van der Waals surface area contributed by atoms with E-state index in [2.05, 4.69) is 16.9 Å². The number of rotatable bonds is 11. The number of thioether (sulfide) groups is 1. The van der Waals surface area contributed by atoms with Gasteiger partial charge in [0.15, 0.2) is 0 Å². The van der Waals surface area contributed by atoms with Gasteiger partial charge < -0.3 is 15.7 Å². The quantitative estimate of drug-likeness (QED) is 0.513. The minimum atomic E-state index is -0.980. The zero-order chi connectivity index (χ0) is 15.4. The van der Waals surface area contributed by atoms with E-state index in [0.717, 1.165) is 12.8 Å². The van der Waals surface area contributed by atoms with Crippen molar-refractivity contribution < 1.29 is 14.7 Å². The highest BCUT2D eigenvalue weighted by atomic mass is 32.2. The topological polar surface area (TPSA) is 78.4 Å². The largest absolute Gasteiger partial charge is 0.480 e. The highest BCUT2D eigenvalue weighted by molar-refractivity contribution is 7.98. The molecule has 118 valence electrons. The van der Waals surface area contributed by atoms with Gasteiger partial charge in [-0.3, -0.25) is 0 Å². The van der Waals surface area contributed by atoms with Crippen molar-refractivity contribution in [3.8, 4) is 0 Å². The van der Waals surface area contributed by atoms with E-state index in [1.54, 1.807) is 0 Å². The minimum Gasteiger partial charge on any atom is -0.480 e. The maximum Gasteiger partial charge on any atom is 0.326 e. The van der Waals surface area contributed by atoms with Crippen molar-refractivity contribution in [1.82, 2.24) is 10.6 Å². The summed E-state index contributed by atoms with van der Waals surface area (Å²) >= 11 is 1.85. The van der Waals surface area contributed by atoms with Crippen LogP contribution in [-0.4, -0.2) is 41.7 Å². The molecule has 0 saturated heterocycles. The van der Waals surface area contributed by atoms with Gasteiger partial charge in [-0.15, -0.1) is 0 Å². The highest BCUT2D eigenvalue weighted by Gasteiger charge is 2.24. The van der Waals surface area contributed by atoms with Gasteiger partial charge in [-0.1, -0.05) is 33.1 Å². The Hall–Kier alpha value is -0.910. The number of aliphatic carboxylic acids is 1. The molecule has 0 aliphatic carbocycles. The molecule has 0 radical (unpaired) electrons. The molecule has 20 heavy (non-hydrogen) atoms. The maximum atomic E-state index is 11.6. The molecule has 0 saturated carbocycles. The van der Waals surface area contributed by atoms with E-state index in [-0.39, 0.29) is 11.9 Å². The molecule has 2 amide bonds. The van der Waals surface area contributed by atoms with E-state index in [9.17, 15) is 9.59 Å². The fourth-order valence-corrected chi connectivity index (χ4v) is 2.30. The zero-order valence-corrected chi connectivity index (χ0v) is 13.6. The predicted molar refractivity (Wildman–Crippen MR) is 84.3 cm³/mol. The average Bonchev–Trinajstić information content (AvgIpc) is 2.42. The van der Waals surface area contributed by atoms with Gasteiger partial charge in [0, 0.05) is 6.54 Å². The fraction of sp³-hybridized carbons (Fsp3) is 0.857. The van der Waals surface area contributed by atoms with Gasteiger partial charge >= 0.3 is 12.0 Å². The molecule has 0 aliphatic heterocycles. The number of nitrogens with one attached hydrogen (secondary N) is 2. The van der Waals surface area contributed by atoms with Crippen LogP contribution in [0.3, 0.4) is 0 Å². The molecular formula is C14H28N2O3S. The number of urea groups is 1. The van der Waals surface area contributed by atoms with Gasteiger partial charge in [-0.25, -0.2) is 9.59 Å². The molecule has 6 heteroatoms. The van der Waals surface area contributed by atoms with E-state index in [1.807, 2.05) is 25.6 Å². The summed E-state index contributed by atoms with van der Waals surface area (Å²) < 4.78 is 0. The number of hydrogen-bond acceptors (Lipinski definition) is 3. The predicted octanol–water partition coefficient (Wildman–Crippen LogP) is 2.71. The van der Waals surface area contributed by atoms with Crippen LogP contribution in [0.5, 0.6) is 0 Å². The van der Waals surface area contributed by atoms with Gasteiger partial charge in [-0.2, -0.15) is 11.8 Å². The Morgan fingerprint density at radius 1 is 1.20 bits per heavy atom. The van der Waals surface area contributed by atoms with E-state index in [1.165, 1.54) is 18.6 Å². The summed E-state index contributed by atoms with van der Waals surface area (Å²) in [4.78, 5) is 22.7. The molecule has 5 nitrogen and oxygen atoms in total. The lowest BCUT2D eigenvalue weighted by Gasteiger charge is -2.20. The first-order chi connectivity index (χ1) is 9.52. The zero-order valence-electron chi connectivity index (χ0n) is 12.8. The number of carbonyl (C=O) groups is 2. The summed E-state index contributed by atoms with van der Waals surface area (Å²) in [7, 11) is 0. The third-order valence-electron chi connectivity index (χ3n) is 3.33. The number of amides is 2. The Morgan fingerprint density at radius 3 is 2.40 bits per heavy atom. The van der Waals surface area contributed by atoms with Gasteiger partial charge in [0.05, 0.1) is 0 Å². The van der Waals surface area contributed by atoms with Gasteiger partial charge in [0.25, 0.3) is 0 Å². The Labute approximate surface area is 126 Å². The maximum absolute atomic E-state index is 11.6. The number of unbranched alkanes of at least 4 members (excludes halogenated alkanes) is 3. The Bertz CT molecular complexity index is 288. The van der Waals surface area contributed by atoms with Gasteiger partial charge in [0.1, 0.15) is 6.04 Å². The first kappa shape index (κ1) is 19.1. The van der Waals surface area contributed by atoms with Crippen LogP contribution in [0, 0.1) is 5.92 Å². The molecular weight excluding hydrogens is 276 g/mol. The highest BCUT2D eigenvalue weighted by Crippen LogP contribution is 2.07. The normalized spacial score (nSPS) is 13.6. The summed E-state index contributed by atoms with van der Waals surface area (Å²) in [6.07, 6.45) is 7.23. The number of carbonyl (C=O) groups excluding carboxylic acids is 1. The van der Waals surface area contributed by atoms with Crippen molar-refractivity contribution in [2.75, 3.05) is 18.6 Å². The minimum absolute atomic E-state index is 0.0789. The van der Waals surface area contributed by atoms with Crippen LogP contribution >= 0.6 is 11.8 Å². The van der Waals surface area contributed by atoms with Gasteiger partial charge in [0.2, 0.25) is 0 Å². The summed E-state index contributed by atoms with van der Waals surface area (Å²) in [6.45, 7) is 4.33. The average molecular weight is 304 g/mol. The molecule has 0 rings (SSSR count). The van der Waals surface area contributed by atoms with Gasteiger partial charge in [-0.05, 0) is 30.8 Å². The van der Waals surface area contributed by atoms with Crippen LogP contribution < -0.4 is 10.6 Å². The van der Waals surface area contributed by atoms with Crippen LogP contribution in [0.1, 0.15) is 46.0 Å². The van der Waals surface area contributed by atoms with Crippen LogP contribution in [0.4, 0.5) is 4.79 Å². The summed E-state index contributed by atoms with van der Waals surface area (Å²) in [6, 6.07) is -1.21. The smallest absolute Gasteiger partial charge is 0.326 e. The molecule has 0 aliphatic rings. The van der Waals surface area contributed by atoms with E-state index in [4.69, 9.17) is 5.11 Å². The van der Waals surface area contributed by atoms with Crippen molar-refractivity contribution in [2.45, 2.75) is 52.0 Å². The second kappa shape index (κ2) is 11.9. The molecule has 0 aromatic carbocycles. The molecule has 0 bridgehead atoms. The molecule has 2 atom stereocenters. The lowest BCUT2D eigenvalue weighted by molar-refractivity contribution is -0.140. The molecule has 0 aromatic heterocycles. The van der Waals surface area contributed by atoms with E-state index < -0.39 is 12.0 Å². The van der Waals surface area contributed by atoms with Crippen molar-refractivity contribution in [2.24, 2.45) is 5.92 Å². The molecule has 2 unspecified atom stereocenters. The Kier molecular flexibility index (Phi) is 11.3. The lowest BCUT2D eigenvalue weighted by atomic mass is 9.99. The van der Waals surface area contributed by atoms with Crippen LogP contribution in [0.15, 0.2) is 0 Å². The van der Waals surface area contributed by atoms with Crippen molar-refractivity contribution in [1.29, 1.82) is 0 Å². The number of carboxylic acid groups (broad SMARTS) is 1. The molecule has 0 fully saturated rings. The van der Waals surface area contributed by atoms with E-state index in [0.29, 0.717) is 13.0 Å². The second-order valence-corrected chi connectivity index (χ2v) is 5.99. The van der Waals surface area contributed by atoms with Crippen molar-refractivity contribution >= 4 is 23.8 Å². The number of carboxylic acids is 1. The SMILES string of the molecule is CCC(C)C(NC(=O)NCCCCCCSC)C(=O)O. The summed E-state index contributed by atoms with van der Waals surface area (Å²) in [5.74, 6) is 0.125. The third kappa shape index (κ3) is 9.07.